The molecule has 0 atom stereocenters. The molecule has 0 bridgehead atoms. The molecule has 0 aliphatic carbocycles. The quantitative estimate of drug-likeness (QED) is 0.428. The molecule has 44 valence electrons. The SMILES string of the molecule is Cl.N.O=C(O)O.[CaH2]. The van der Waals surface area contributed by atoms with Gasteiger partial charge in [0, 0.05) is 0 Å². The first kappa shape index (κ1) is 25.0. The number of carboxylic acid groups (broad SMARTS) is 2. The molecule has 0 aromatic heterocycles. The Bertz CT molecular complexity index is 37.9. The van der Waals surface area contributed by atoms with Crippen LogP contribution >= 0.6 is 12.4 Å². The van der Waals surface area contributed by atoms with Crippen LogP contribution in [0.25, 0.3) is 0 Å². The van der Waals surface area contributed by atoms with Gasteiger partial charge in [-0.25, -0.2) is 4.79 Å². The van der Waals surface area contributed by atoms with Crippen LogP contribution < -0.4 is 6.15 Å². The van der Waals surface area contributed by atoms with E-state index in [0.717, 1.165) is 0 Å². The van der Waals surface area contributed by atoms with Crippen LogP contribution in [0.5, 0.6) is 0 Å². The summed E-state index contributed by atoms with van der Waals surface area (Å²) in [4.78, 5) is 8.56. The molecule has 7 heavy (non-hydrogen) atoms. The molecule has 0 rings (SSSR count). The van der Waals surface area contributed by atoms with Crippen LogP contribution in [-0.4, -0.2) is 54.1 Å². The fourth-order valence-electron chi connectivity index (χ4n) is 0. The van der Waals surface area contributed by atoms with Crippen molar-refractivity contribution in [3.05, 3.63) is 0 Å². The van der Waals surface area contributed by atoms with Crippen LogP contribution in [0, 0.1) is 0 Å². The summed E-state index contributed by atoms with van der Waals surface area (Å²) in [5.41, 5.74) is 0. The maximum absolute atomic E-state index is 8.56. The molecule has 0 spiro atoms. The Balaban J connectivity index is -0.0000000150. The molecule has 0 aromatic carbocycles. The first-order valence-electron chi connectivity index (χ1n) is 0.651. The summed E-state index contributed by atoms with van der Waals surface area (Å²) in [6, 6.07) is 0. The van der Waals surface area contributed by atoms with Crippen LogP contribution in [-0.2, 0) is 0 Å². The minimum atomic E-state index is -1.83. The number of halogens is 1. The fraction of sp³-hybridized carbons (Fsp3) is 0. The van der Waals surface area contributed by atoms with Gasteiger partial charge in [-0.05, 0) is 0 Å². The van der Waals surface area contributed by atoms with Gasteiger partial charge in [-0.1, -0.05) is 0 Å². The number of hydrogen-bond acceptors (Lipinski definition) is 2. The zero-order valence-electron chi connectivity index (χ0n) is 2.92. The van der Waals surface area contributed by atoms with Gasteiger partial charge in [0.25, 0.3) is 0 Å². The third-order valence-corrected chi connectivity index (χ3v) is 0. The molecule has 0 unspecified atom stereocenters. The Morgan fingerprint density at radius 1 is 1.29 bits per heavy atom. The third kappa shape index (κ3) is 255. The van der Waals surface area contributed by atoms with Crippen molar-refractivity contribution in [3.8, 4) is 0 Å². The van der Waals surface area contributed by atoms with Crippen molar-refractivity contribution >= 4 is 56.3 Å². The van der Waals surface area contributed by atoms with Crippen LogP contribution in [0.15, 0.2) is 0 Å². The Labute approximate surface area is 76.9 Å². The summed E-state index contributed by atoms with van der Waals surface area (Å²) >= 11 is 0. The summed E-state index contributed by atoms with van der Waals surface area (Å²) in [7, 11) is 0. The van der Waals surface area contributed by atoms with Gasteiger partial charge in [0.05, 0.1) is 0 Å². The zero-order chi connectivity index (χ0) is 3.58. The Kier molecular flexibility index (Phi) is 56.7. The molecule has 0 aliphatic heterocycles. The van der Waals surface area contributed by atoms with E-state index in [0.29, 0.717) is 0 Å². The van der Waals surface area contributed by atoms with Crippen LogP contribution in [0.3, 0.4) is 0 Å². The van der Waals surface area contributed by atoms with Crippen LogP contribution in [0.4, 0.5) is 4.79 Å². The molecule has 0 aromatic rings. The predicted octanol–water partition coefficient (Wildman–Crippen LogP) is -0.110. The summed E-state index contributed by atoms with van der Waals surface area (Å²) in [6.45, 7) is 0. The van der Waals surface area contributed by atoms with Crippen molar-refractivity contribution in [1.82, 2.24) is 6.15 Å². The number of carbonyl (C=O) groups is 1. The minimum absolute atomic E-state index is 0. The second-order valence-corrected chi connectivity index (χ2v) is 0.283. The molecular weight excluding hydrogens is 150 g/mol. The van der Waals surface area contributed by atoms with Gasteiger partial charge in [-0.2, -0.15) is 0 Å². The van der Waals surface area contributed by atoms with E-state index >= 15 is 0 Å². The van der Waals surface area contributed by atoms with E-state index in [9.17, 15) is 0 Å². The molecule has 0 saturated carbocycles. The summed E-state index contributed by atoms with van der Waals surface area (Å²) < 4.78 is 0. The normalized spacial score (nSPS) is 3.43. The van der Waals surface area contributed by atoms with Crippen molar-refractivity contribution in [1.29, 1.82) is 0 Å². The monoisotopic (exact) mass is 157 g/mol. The number of rotatable bonds is 0. The molecule has 0 saturated heterocycles. The van der Waals surface area contributed by atoms with Crippen LogP contribution in [0.1, 0.15) is 0 Å². The van der Waals surface area contributed by atoms with E-state index in [4.69, 9.17) is 15.0 Å². The first-order chi connectivity index (χ1) is 1.73. The molecule has 5 N–H and O–H groups in total. The molecule has 6 heteroatoms. The van der Waals surface area contributed by atoms with E-state index in [1.54, 1.807) is 0 Å². The molecule has 4 nitrogen and oxygen atoms in total. The van der Waals surface area contributed by atoms with Gasteiger partial charge in [0.1, 0.15) is 0 Å². The van der Waals surface area contributed by atoms with E-state index in [1.165, 1.54) is 0 Å². The molecular formula is CH8CaClNO3. The van der Waals surface area contributed by atoms with Crippen molar-refractivity contribution < 1.29 is 15.0 Å². The predicted molar refractivity (Wildman–Crippen MR) is 31.5 cm³/mol. The Morgan fingerprint density at radius 3 is 1.29 bits per heavy atom. The molecule has 0 heterocycles. The van der Waals surface area contributed by atoms with E-state index in [2.05, 4.69) is 0 Å². The van der Waals surface area contributed by atoms with Gasteiger partial charge in [0.15, 0.2) is 0 Å². The average Bonchev–Trinajstić information content (AvgIpc) is 0.811. The Morgan fingerprint density at radius 2 is 1.29 bits per heavy atom. The van der Waals surface area contributed by atoms with Gasteiger partial charge < -0.3 is 16.4 Å². The molecule has 0 fully saturated rings. The first-order valence-corrected chi connectivity index (χ1v) is 0.651. The van der Waals surface area contributed by atoms with Gasteiger partial charge in [-0.3, -0.25) is 0 Å². The van der Waals surface area contributed by atoms with Gasteiger partial charge in [0.2, 0.25) is 0 Å². The fourth-order valence-corrected chi connectivity index (χ4v) is 0. The van der Waals surface area contributed by atoms with E-state index in [1.807, 2.05) is 0 Å². The van der Waals surface area contributed by atoms with Crippen LogP contribution in [0.2, 0.25) is 0 Å². The van der Waals surface area contributed by atoms with Gasteiger partial charge >= 0.3 is 43.9 Å². The third-order valence-electron chi connectivity index (χ3n) is 0. The second-order valence-electron chi connectivity index (χ2n) is 0.283. The average molecular weight is 158 g/mol. The maximum atomic E-state index is 8.56. The zero-order valence-corrected chi connectivity index (χ0v) is 3.73. The second kappa shape index (κ2) is 15.9. The summed E-state index contributed by atoms with van der Waals surface area (Å²) in [6.07, 6.45) is -1.83. The van der Waals surface area contributed by atoms with Crippen molar-refractivity contribution in [2.75, 3.05) is 0 Å². The number of hydrogen-bond donors (Lipinski definition) is 3. The molecule has 0 aliphatic rings. The van der Waals surface area contributed by atoms with Crippen molar-refractivity contribution in [2.24, 2.45) is 0 Å². The van der Waals surface area contributed by atoms with Gasteiger partial charge in [-0.15, -0.1) is 12.4 Å². The van der Waals surface area contributed by atoms with Crippen molar-refractivity contribution in [3.63, 3.8) is 0 Å². The van der Waals surface area contributed by atoms with E-state index < -0.39 is 6.16 Å². The standard InChI is InChI=1S/CH2O3.Ca.ClH.H3N.2H/c2-1(3)4;;;;;/h(H2,2,3,4);;1H;1H3;;. The van der Waals surface area contributed by atoms with E-state index in [-0.39, 0.29) is 56.3 Å². The molecule has 0 radical (unpaired) electrons. The summed E-state index contributed by atoms with van der Waals surface area (Å²) in [5.74, 6) is 0. The Hall–Kier alpha value is 0.780. The topological polar surface area (TPSA) is 92.5 Å². The molecule has 0 amide bonds. The van der Waals surface area contributed by atoms with Crippen molar-refractivity contribution in [2.45, 2.75) is 0 Å². The summed E-state index contributed by atoms with van der Waals surface area (Å²) in [5, 5.41) is 13.9.